The molecule has 1 saturated heterocycles. The summed E-state index contributed by atoms with van der Waals surface area (Å²) >= 11 is 0. The SMILES string of the molecule is NC1CCN(c2cn[nH]c2Cc2ccccc2F)CC1. The number of nitrogens with two attached hydrogens (primary N) is 1. The maximum Gasteiger partial charge on any atom is 0.126 e. The van der Waals surface area contributed by atoms with Crippen LogP contribution in [0.25, 0.3) is 0 Å². The third kappa shape index (κ3) is 2.67. The van der Waals surface area contributed by atoms with Gasteiger partial charge in [0.2, 0.25) is 0 Å². The van der Waals surface area contributed by atoms with E-state index in [0.29, 0.717) is 18.0 Å². The van der Waals surface area contributed by atoms with Gasteiger partial charge in [-0.25, -0.2) is 4.39 Å². The Hall–Kier alpha value is -1.88. The second kappa shape index (κ2) is 5.63. The highest BCUT2D eigenvalue weighted by Crippen LogP contribution is 2.24. The number of H-pyrrole nitrogens is 1. The highest BCUT2D eigenvalue weighted by atomic mass is 19.1. The fourth-order valence-electron chi connectivity index (χ4n) is 2.68. The molecule has 1 aliphatic rings. The first-order valence-corrected chi connectivity index (χ1v) is 7.00. The predicted molar refractivity (Wildman–Crippen MR) is 77.2 cm³/mol. The van der Waals surface area contributed by atoms with Crippen molar-refractivity contribution < 1.29 is 4.39 Å². The maximum atomic E-state index is 13.7. The van der Waals surface area contributed by atoms with Gasteiger partial charge in [0.25, 0.3) is 0 Å². The Bertz CT molecular complexity index is 573. The molecule has 0 bridgehead atoms. The van der Waals surface area contributed by atoms with Crippen LogP contribution in [0, 0.1) is 5.82 Å². The molecule has 2 aromatic rings. The van der Waals surface area contributed by atoms with E-state index < -0.39 is 0 Å². The number of anilines is 1. The minimum atomic E-state index is -0.172. The molecule has 0 radical (unpaired) electrons. The van der Waals surface area contributed by atoms with Crippen LogP contribution in [-0.2, 0) is 6.42 Å². The van der Waals surface area contributed by atoms with Gasteiger partial charge in [0.1, 0.15) is 5.82 Å². The normalized spacial score (nSPS) is 16.6. The molecule has 0 saturated carbocycles. The van der Waals surface area contributed by atoms with Crippen molar-refractivity contribution in [2.75, 3.05) is 18.0 Å². The second-order valence-corrected chi connectivity index (χ2v) is 5.33. The lowest BCUT2D eigenvalue weighted by atomic mass is 10.0. The van der Waals surface area contributed by atoms with Gasteiger partial charge in [-0.2, -0.15) is 5.10 Å². The van der Waals surface area contributed by atoms with Crippen molar-refractivity contribution in [2.45, 2.75) is 25.3 Å². The summed E-state index contributed by atoms with van der Waals surface area (Å²) in [5.41, 5.74) is 8.65. The summed E-state index contributed by atoms with van der Waals surface area (Å²) in [4.78, 5) is 2.28. The Balaban J connectivity index is 1.79. The van der Waals surface area contributed by atoms with Gasteiger partial charge < -0.3 is 10.6 Å². The molecular weight excluding hydrogens is 255 g/mol. The van der Waals surface area contributed by atoms with E-state index in [-0.39, 0.29) is 5.82 Å². The van der Waals surface area contributed by atoms with E-state index in [1.165, 1.54) is 6.07 Å². The van der Waals surface area contributed by atoms with Crippen LogP contribution in [0.4, 0.5) is 10.1 Å². The first-order chi connectivity index (χ1) is 9.74. The summed E-state index contributed by atoms with van der Waals surface area (Å²) in [5, 5.41) is 7.12. The maximum absolute atomic E-state index is 13.7. The Morgan fingerprint density at radius 1 is 1.30 bits per heavy atom. The molecule has 1 aromatic carbocycles. The van der Waals surface area contributed by atoms with E-state index in [9.17, 15) is 4.39 Å². The minimum Gasteiger partial charge on any atom is -0.369 e. The molecule has 3 N–H and O–H groups in total. The van der Waals surface area contributed by atoms with Gasteiger partial charge in [-0.15, -0.1) is 0 Å². The smallest absolute Gasteiger partial charge is 0.126 e. The van der Waals surface area contributed by atoms with Crippen LogP contribution < -0.4 is 10.6 Å². The molecule has 0 aliphatic carbocycles. The molecule has 0 atom stereocenters. The summed E-state index contributed by atoms with van der Waals surface area (Å²) in [6, 6.07) is 7.16. The van der Waals surface area contributed by atoms with Gasteiger partial charge >= 0.3 is 0 Å². The molecule has 1 aliphatic heterocycles. The van der Waals surface area contributed by atoms with Crippen molar-refractivity contribution in [3.8, 4) is 0 Å². The topological polar surface area (TPSA) is 57.9 Å². The fourth-order valence-corrected chi connectivity index (χ4v) is 2.68. The van der Waals surface area contributed by atoms with Crippen molar-refractivity contribution in [1.82, 2.24) is 10.2 Å². The molecular formula is C15H19FN4. The number of piperidine rings is 1. The van der Waals surface area contributed by atoms with Crippen LogP contribution in [0.15, 0.2) is 30.5 Å². The zero-order valence-electron chi connectivity index (χ0n) is 11.3. The Labute approximate surface area is 117 Å². The number of hydrogen-bond acceptors (Lipinski definition) is 3. The largest absolute Gasteiger partial charge is 0.369 e. The van der Waals surface area contributed by atoms with Crippen LogP contribution in [0.1, 0.15) is 24.1 Å². The number of nitrogens with one attached hydrogen (secondary N) is 1. The lowest BCUT2D eigenvalue weighted by Gasteiger charge is -2.31. The van der Waals surface area contributed by atoms with Gasteiger partial charge in [0, 0.05) is 25.6 Å². The quantitative estimate of drug-likeness (QED) is 0.901. The summed E-state index contributed by atoms with van der Waals surface area (Å²) in [6.07, 6.45) is 4.34. The molecule has 20 heavy (non-hydrogen) atoms. The molecule has 2 heterocycles. The van der Waals surface area contributed by atoms with E-state index in [0.717, 1.165) is 37.3 Å². The molecule has 0 unspecified atom stereocenters. The van der Waals surface area contributed by atoms with E-state index in [4.69, 9.17) is 5.73 Å². The lowest BCUT2D eigenvalue weighted by Crippen LogP contribution is -2.39. The lowest BCUT2D eigenvalue weighted by molar-refractivity contribution is 0.500. The Morgan fingerprint density at radius 2 is 2.05 bits per heavy atom. The molecule has 106 valence electrons. The number of aromatic nitrogens is 2. The van der Waals surface area contributed by atoms with Crippen molar-refractivity contribution >= 4 is 5.69 Å². The second-order valence-electron chi connectivity index (χ2n) is 5.33. The standard InChI is InChI=1S/C15H19FN4/c16-13-4-2-1-3-11(13)9-14-15(10-18-19-14)20-7-5-12(17)6-8-20/h1-4,10,12H,5-9,17H2,(H,18,19). The monoisotopic (exact) mass is 274 g/mol. The van der Waals surface area contributed by atoms with Crippen LogP contribution in [0.2, 0.25) is 0 Å². The van der Waals surface area contributed by atoms with Gasteiger partial charge in [0.15, 0.2) is 0 Å². The van der Waals surface area contributed by atoms with Crippen molar-refractivity contribution in [1.29, 1.82) is 0 Å². The van der Waals surface area contributed by atoms with Crippen molar-refractivity contribution in [3.05, 3.63) is 47.5 Å². The molecule has 4 nitrogen and oxygen atoms in total. The van der Waals surface area contributed by atoms with Crippen molar-refractivity contribution in [3.63, 3.8) is 0 Å². The number of rotatable bonds is 3. The summed E-state index contributed by atoms with van der Waals surface area (Å²) in [6.45, 7) is 1.87. The molecule has 5 heteroatoms. The zero-order valence-corrected chi connectivity index (χ0v) is 11.3. The molecule has 1 fully saturated rings. The van der Waals surface area contributed by atoms with Crippen LogP contribution in [0.3, 0.4) is 0 Å². The Kier molecular flexibility index (Phi) is 3.69. The summed E-state index contributed by atoms with van der Waals surface area (Å²) in [7, 11) is 0. The Morgan fingerprint density at radius 3 is 2.80 bits per heavy atom. The molecule has 0 spiro atoms. The fraction of sp³-hybridized carbons (Fsp3) is 0.400. The number of nitrogens with zero attached hydrogens (tertiary/aromatic N) is 2. The van der Waals surface area contributed by atoms with Crippen molar-refractivity contribution in [2.24, 2.45) is 5.73 Å². The number of halogens is 1. The van der Waals surface area contributed by atoms with E-state index in [1.807, 2.05) is 18.3 Å². The van der Waals surface area contributed by atoms with Gasteiger partial charge in [-0.3, -0.25) is 5.10 Å². The van der Waals surface area contributed by atoms with Crippen LogP contribution >= 0.6 is 0 Å². The third-order valence-electron chi connectivity index (χ3n) is 3.90. The average molecular weight is 274 g/mol. The minimum absolute atomic E-state index is 0.172. The summed E-state index contributed by atoms with van der Waals surface area (Å²) < 4.78 is 13.7. The highest BCUT2D eigenvalue weighted by molar-refractivity contribution is 5.51. The van der Waals surface area contributed by atoms with Gasteiger partial charge in [-0.1, -0.05) is 18.2 Å². The third-order valence-corrected chi connectivity index (χ3v) is 3.90. The van der Waals surface area contributed by atoms with E-state index >= 15 is 0 Å². The number of benzene rings is 1. The van der Waals surface area contributed by atoms with E-state index in [1.54, 1.807) is 6.07 Å². The zero-order chi connectivity index (χ0) is 13.9. The first kappa shape index (κ1) is 13.1. The van der Waals surface area contributed by atoms with Crippen LogP contribution in [-0.4, -0.2) is 29.3 Å². The first-order valence-electron chi connectivity index (χ1n) is 7.00. The molecule has 1 aromatic heterocycles. The average Bonchev–Trinajstić information content (AvgIpc) is 2.90. The predicted octanol–water partition coefficient (Wildman–Crippen LogP) is 2.07. The van der Waals surface area contributed by atoms with E-state index in [2.05, 4.69) is 15.1 Å². The number of hydrogen-bond donors (Lipinski definition) is 2. The summed E-state index contributed by atoms with van der Waals surface area (Å²) in [5.74, 6) is -0.172. The van der Waals surface area contributed by atoms with Gasteiger partial charge in [0.05, 0.1) is 17.6 Å². The highest BCUT2D eigenvalue weighted by Gasteiger charge is 2.20. The van der Waals surface area contributed by atoms with Gasteiger partial charge in [-0.05, 0) is 24.5 Å². The number of aromatic amines is 1. The molecule has 3 rings (SSSR count). The van der Waals surface area contributed by atoms with Crippen LogP contribution in [0.5, 0.6) is 0 Å². The molecule has 0 amide bonds.